The van der Waals surface area contributed by atoms with Crippen molar-refractivity contribution in [1.29, 1.82) is 0 Å². The number of rotatable bonds is 2. The molecule has 1 N–H and O–H groups in total. The highest BCUT2D eigenvalue weighted by Gasteiger charge is 2.60. The molecule has 1 fully saturated rings. The van der Waals surface area contributed by atoms with Gasteiger partial charge in [0.25, 0.3) is 0 Å². The first-order valence-electron chi connectivity index (χ1n) is 4.91. The van der Waals surface area contributed by atoms with E-state index in [2.05, 4.69) is 31.2 Å². The molecule has 14 heavy (non-hydrogen) atoms. The third-order valence-corrected chi connectivity index (χ3v) is 4.05. The van der Waals surface area contributed by atoms with E-state index in [-0.39, 0.29) is 17.4 Å². The van der Waals surface area contributed by atoms with Gasteiger partial charge in [-0.05, 0) is 12.5 Å². The first kappa shape index (κ1) is 10.0. The summed E-state index contributed by atoms with van der Waals surface area (Å²) in [6, 6.07) is 8.40. The Bertz CT molecular complexity index is 333. The van der Waals surface area contributed by atoms with Crippen molar-refractivity contribution in [2.45, 2.75) is 25.1 Å². The molecule has 2 rings (SSSR count). The molecule has 1 aromatic rings. The summed E-state index contributed by atoms with van der Waals surface area (Å²) < 4.78 is 0. The van der Waals surface area contributed by atoms with Crippen LogP contribution in [0.3, 0.4) is 0 Å². The van der Waals surface area contributed by atoms with Crippen molar-refractivity contribution < 1.29 is 5.11 Å². The number of aryl methyl sites for hydroxylation is 1. The molecular weight excluding hydrogens is 196 g/mol. The summed E-state index contributed by atoms with van der Waals surface area (Å²) in [7, 11) is 0. The highest BCUT2D eigenvalue weighted by Crippen LogP contribution is 2.62. The van der Waals surface area contributed by atoms with E-state index in [1.807, 2.05) is 6.92 Å². The topological polar surface area (TPSA) is 20.2 Å². The fourth-order valence-electron chi connectivity index (χ4n) is 2.02. The normalized spacial score (nSPS) is 35.7. The smallest absolute Gasteiger partial charge is 0.0505 e. The van der Waals surface area contributed by atoms with Crippen LogP contribution in [0, 0.1) is 12.3 Å². The lowest BCUT2D eigenvalue weighted by Gasteiger charge is -2.06. The zero-order valence-corrected chi connectivity index (χ0v) is 9.25. The fourth-order valence-corrected chi connectivity index (χ4v) is 2.58. The predicted octanol–water partition coefficient (Wildman–Crippen LogP) is 2.70. The van der Waals surface area contributed by atoms with E-state index in [0.29, 0.717) is 5.92 Å². The van der Waals surface area contributed by atoms with Crippen LogP contribution in [0.5, 0.6) is 0 Å². The molecule has 1 aliphatic carbocycles. The standard InChI is InChI=1S/C12H15ClO/c1-8-3-5-9(6-4-8)10-11(13)12(10,2)7-14/h3-6,10-11,14H,7H2,1-2H3/t10-,11-,12+/m1/s1. The van der Waals surface area contributed by atoms with Gasteiger partial charge in [-0.1, -0.05) is 36.8 Å². The number of benzene rings is 1. The first-order chi connectivity index (χ1) is 6.59. The van der Waals surface area contributed by atoms with Gasteiger partial charge in [0, 0.05) is 16.7 Å². The SMILES string of the molecule is Cc1ccc([C@@H]2[C@@H](Cl)[C@@]2(C)CO)cc1. The molecule has 0 radical (unpaired) electrons. The van der Waals surface area contributed by atoms with Crippen molar-refractivity contribution in [3.05, 3.63) is 35.4 Å². The van der Waals surface area contributed by atoms with E-state index in [0.717, 1.165) is 0 Å². The molecule has 1 aromatic carbocycles. The summed E-state index contributed by atoms with van der Waals surface area (Å²) in [5, 5.41) is 9.32. The van der Waals surface area contributed by atoms with Crippen LogP contribution < -0.4 is 0 Å². The maximum Gasteiger partial charge on any atom is 0.0505 e. The lowest BCUT2D eigenvalue weighted by molar-refractivity contribution is 0.220. The van der Waals surface area contributed by atoms with Gasteiger partial charge in [-0.2, -0.15) is 0 Å². The number of aliphatic hydroxyl groups excluding tert-OH is 1. The highest BCUT2D eigenvalue weighted by molar-refractivity contribution is 6.24. The Morgan fingerprint density at radius 3 is 2.36 bits per heavy atom. The van der Waals surface area contributed by atoms with Crippen molar-refractivity contribution in [3.8, 4) is 0 Å². The zero-order chi connectivity index (χ0) is 10.3. The predicted molar refractivity (Wildman–Crippen MR) is 58.8 cm³/mol. The van der Waals surface area contributed by atoms with E-state index in [9.17, 15) is 5.11 Å². The van der Waals surface area contributed by atoms with E-state index < -0.39 is 0 Å². The first-order valence-corrected chi connectivity index (χ1v) is 5.35. The second-order valence-corrected chi connectivity index (χ2v) is 4.92. The van der Waals surface area contributed by atoms with Crippen LogP contribution in [0.1, 0.15) is 24.0 Å². The number of aliphatic hydroxyl groups is 1. The Morgan fingerprint density at radius 1 is 1.36 bits per heavy atom. The van der Waals surface area contributed by atoms with Crippen LogP contribution >= 0.6 is 11.6 Å². The van der Waals surface area contributed by atoms with Gasteiger partial charge in [-0.15, -0.1) is 11.6 Å². The molecule has 0 unspecified atom stereocenters. The van der Waals surface area contributed by atoms with Gasteiger partial charge in [0.1, 0.15) is 0 Å². The summed E-state index contributed by atoms with van der Waals surface area (Å²) in [5.41, 5.74) is 2.38. The Labute approximate surface area is 89.7 Å². The minimum absolute atomic E-state index is 0.0789. The van der Waals surface area contributed by atoms with Crippen LogP contribution in [0.25, 0.3) is 0 Å². The van der Waals surface area contributed by atoms with Gasteiger partial charge in [0.05, 0.1) is 6.61 Å². The average Bonchev–Trinajstić information content (AvgIpc) is 2.72. The molecule has 0 heterocycles. The fraction of sp³-hybridized carbons (Fsp3) is 0.500. The lowest BCUT2D eigenvalue weighted by Crippen LogP contribution is -2.05. The molecule has 0 bridgehead atoms. The second-order valence-electron chi connectivity index (χ2n) is 4.45. The van der Waals surface area contributed by atoms with Crippen molar-refractivity contribution in [3.63, 3.8) is 0 Å². The van der Waals surface area contributed by atoms with Gasteiger partial charge in [-0.25, -0.2) is 0 Å². The summed E-state index contributed by atoms with van der Waals surface area (Å²) >= 11 is 6.17. The third-order valence-electron chi connectivity index (χ3n) is 3.30. The van der Waals surface area contributed by atoms with Crippen molar-refractivity contribution in [1.82, 2.24) is 0 Å². The molecule has 0 aliphatic heterocycles. The zero-order valence-electron chi connectivity index (χ0n) is 8.50. The summed E-state index contributed by atoms with van der Waals surface area (Å²) in [6.45, 7) is 4.27. The highest BCUT2D eigenvalue weighted by atomic mass is 35.5. The average molecular weight is 211 g/mol. The monoisotopic (exact) mass is 210 g/mol. The maximum atomic E-state index is 9.24. The van der Waals surface area contributed by atoms with Crippen LogP contribution in [0.15, 0.2) is 24.3 Å². The lowest BCUT2D eigenvalue weighted by atomic mass is 10.0. The Balaban J connectivity index is 2.23. The van der Waals surface area contributed by atoms with Crippen molar-refractivity contribution in [2.24, 2.45) is 5.41 Å². The minimum Gasteiger partial charge on any atom is -0.396 e. The molecule has 0 saturated heterocycles. The number of halogens is 1. The van der Waals surface area contributed by atoms with Crippen molar-refractivity contribution in [2.75, 3.05) is 6.61 Å². The Kier molecular flexibility index (Phi) is 2.32. The van der Waals surface area contributed by atoms with Gasteiger partial charge < -0.3 is 5.11 Å². The molecule has 1 saturated carbocycles. The quantitative estimate of drug-likeness (QED) is 0.745. The van der Waals surface area contributed by atoms with Gasteiger partial charge in [0.2, 0.25) is 0 Å². The number of hydrogen-bond acceptors (Lipinski definition) is 1. The molecule has 2 heteroatoms. The van der Waals surface area contributed by atoms with Gasteiger partial charge in [-0.3, -0.25) is 0 Å². The van der Waals surface area contributed by atoms with E-state index in [1.165, 1.54) is 11.1 Å². The molecule has 76 valence electrons. The maximum absolute atomic E-state index is 9.24. The number of alkyl halides is 1. The molecule has 1 aliphatic rings. The summed E-state index contributed by atoms with van der Waals surface area (Å²) in [4.78, 5) is 0. The molecule has 0 spiro atoms. The minimum atomic E-state index is -0.114. The Morgan fingerprint density at radius 2 is 1.93 bits per heavy atom. The van der Waals surface area contributed by atoms with E-state index >= 15 is 0 Å². The largest absolute Gasteiger partial charge is 0.396 e. The molecule has 0 aromatic heterocycles. The molecule has 0 amide bonds. The second kappa shape index (κ2) is 3.25. The Hall–Kier alpha value is -0.530. The van der Waals surface area contributed by atoms with E-state index in [1.54, 1.807) is 0 Å². The summed E-state index contributed by atoms with van der Waals surface area (Å²) in [6.07, 6.45) is 0. The third kappa shape index (κ3) is 1.35. The van der Waals surface area contributed by atoms with Gasteiger partial charge >= 0.3 is 0 Å². The molecule has 1 nitrogen and oxygen atoms in total. The van der Waals surface area contributed by atoms with Crippen LogP contribution in [-0.4, -0.2) is 17.1 Å². The van der Waals surface area contributed by atoms with Gasteiger partial charge in [0.15, 0.2) is 0 Å². The number of hydrogen-bond donors (Lipinski definition) is 1. The van der Waals surface area contributed by atoms with Crippen LogP contribution in [-0.2, 0) is 0 Å². The molecule has 3 atom stereocenters. The van der Waals surface area contributed by atoms with Crippen LogP contribution in [0.2, 0.25) is 0 Å². The molecular formula is C12H15ClO. The van der Waals surface area contributed by atoms with E-state index in [4.69, 9.17) is 11.6 Å². The van der Waals surface area contributed by atoms with Crippen molar-refractivity contribution >= 4 is 11.6 Å². The van der Waals surface area contributed by atoms with Crippen LogP contribution in [0.4, 0.5) is 0 Å². The summed E-state index contributed by atoms with van der Waals surface area (Å²) in [5.74, 6) is 0.315.